The Hall–Kier alpha value is -3.91. The summed E-state index contributed by atoms with van der Waals surface area (Å²) in [7, 11) is 0. The molecule has 0 atom stereocenters. The van der Waals surface area contributed by atoms with Gasteiger partial charge in [-0.1, -0.05) is 51.8 Å². The quantitative estimate of drug-likeness (QED) is 0.342. The van der Waals surface area contributed by atoms with Gasteiger partial charge in [0, 0.05) is 21.2 Å². The van der Waals surface area contributed by atoms with E-state index in [0.717, 1.165) is 21.0 Å². The minimum Gasteiger partial charge on any atom is -0.320 e. The number of aromatic nitrogens is 1. The zero-order chi connectivity index (χ0) is 23.5. The Morgan fingerprint density at radius 1 is 0.818 bits per heavy atom. The van der Waals surface area contributed by atoms with Crippen LogP contribution in [0.4, 0.5) is 11.4 Å². The van der Waals surface area contributed by atoms with Crippen molar-refractivity contribution in [2.24, 2.45) is 0 Å². The van der Waals surface area contributed by atoms with Gasteiger partial charge in [0.25, 0.3) is 5.91 Å². The first kappa shape index (κ1) is 22.3. The van der Waals surface area contributed by atoms with Crippen molar-refractivity contribution in [2.45, 2.75) is 13.8 Å². The number of nitrogens with zero attached hydrogens (tertiary/aromatic N) is 1. The molecule has 1 heterocycles. The maximum absolute atomic E-state index is 13.1. The zero-order valence-corrected chi connectivity index (χ0v) is 19.6. The first-order valence-corrected chi connectivity index (χ1v) is 11.0. The fourth-order valence-corrected chi connectivity index (χ4v) is 3.73. The maximum Gasteiger partial charge on any atom is 0.328 e. The van der Waals surface area contributed by atoms with Crippen LogP contribution in [0.2, 0.25) is 0 Å². The summed E-state index contributed by atoms with van der Waals surface area (Å²) in [6, 6.07) is 21.5. The van der Waals surface area contributed by atoms with Gasteiger partial charge in [0.05, 0.1) is 5.52 Å². The van der Waals surface area contributed by atoms with Gasteiger partial charge in [0.15, 0.2) is 0 Å². The monoisotopic (exact) mass is 504 g/mol. The number of benzene rings is 3. The Bertz CT molecular complexity index is 1380. The number of fused-ring (bicyclic) bond motifs is 1. The summed E-state index contributed by atoms with van der Waals surface area (Å²) < 4.78 is 2.15. The lowest BCUT2D eigenvalue weighted by atomic mass is 10.2. The molecule has 3 aromatic carbocycles. The van der Waals surface area contributed by atoms with Gasteiger partial charge in [-0.25, -0.2) is 4.68 Å². The smallest absolute Gasteiger partial charge is 0.320 e. The normalized spacial score (nSPS) is 10.6. The van der Waals surface area contributed by atoms with Gasteiger partial charge in [-0.3, -0.25) is 19.8 Å². The number of hydrogen-bond acceptors (Lipinski definition) is 3. The largest absolute Gasteiger partial charge is 0.328 e. The van der Waals surface area contributed by atoms with Gasteiger partial charge < -0.3 is 10.6 Å². The van der Waals surface area contributed by atoms with E-state index in [0.29, 0.717) is 16.9 Å². The molecule has 1 aromatic heterocycles. The van der Waals surface area contributed by atoms with Crippen LogP contribution in [-0.4, -0.2) is 22.4 Å². The van der Waals surface area contributed by atoms with Gasteiger partial charge in [-0.05, 0) is 61.9 Å². The van der Waals surface area contributed by atoms with Gasteiger partial charge in [0.2, 0.25) is 0 Å². The molecule has 7 nitrogen and oxygen atoms in total. The highest BCUT2D eigenvalue weighted by atomic mass is 79.9. The molecule has 0 spiro atoms. The van der Waals surface area contributed by atoms with Crippen LogP contribution >= 0.6 is 15.9 Å². The Balaban J connectivity index is 1.63. The van der Waals surface area contributed by atoms with Gasteiger partial charge in [-0.2, -0.15) is 0 Å². The van der Waals surface area contributed by atoms with Crippen LogP contribution < -0.4 is 16.1 Å². The van der Waals surface area contributed by atoms with Crippen LogP contribution in [0.5, 0.6) is 0 Å². The van der Waals surface area contributed by atoms with E-state index in [1.54, 1.807) is 36.4 Å². The van der Waals surface area contributed by atoms with E-state index in [1.165, 1.54) is 4.68 Å². The number of hydrogen-bond donors (Lipinski definition) is 3. The number of amides is 3. The van der Waals surface area contributed by atoms with E-state index in [1.807, 2.05) is 50.2 Å². The lowest BCUT2D eigenvalue weighted by molar-refractivity contribution is -0.133. The second-order valence-electron chi connectivity index (χ2n) is 7.60. The highest BCUT2D eigenvalue weighted by molar-refractivity contribution is 9.10. The van der Waals surface area contributed by atoms with Gasteiger partial charge in [-0.15, -0.1) is 0 Å². The first-order valence-electron chi connectivity index (χ1n) is 10.2. The van der Waals surface area contributed by atoms with Crippen molar-refractivity contribution in [3.63, 3.8) is 0 Å². The van der Waals surface area contributed by atoms with E-state index in [2.05, 4.69) is 32.0 Å². The molecule has 0 bridgehead atoms. The summed E-state index contributed by atoms with van der Waals surface area (Å²) in [5, 5.41) is 6.15. The topological polar surface area (TPSA) is 92.2 Å². The highest BCUT2D eigenvalue weighted by Crippen LogP contribution is 2.24. The summed E-state index contributed by atoms with van der Waals surface area (Å²) in [6.45, 7) is 3.82. The summed E-state index contributed by atoms with van der Waals surface area (Å²) in [6.07, 6.45) is 0. The van der Waals surface area contributed by atoms with E-state index in [-0.39, 0.29) is 5.69 Å². The second-order valence-corrected chi connectivity index (χ2v) is 8.51. The molecule has 8 heteroatoms. The molecule has 0 fully saturated rings. The zero-order valence-electron chi connectivity index (χ0n) is 18.0. The molecule has 4 aromatic rings. The highest BCUT2D eigenvalue weighted by Gasteiger charge is 2.21. The number of carbonyl (C=O) groups is 3. The predicted molar refractivity (Wildman–Crippen MR) is 133 cm³/mol. The number of nitrogens with one attached hydrogen (secondary N) is 3. The van der Waals surface area contributed by atoms with Crippen molar-refractivity contribution in [1.29, 1.82) is 0 Å². The van der Waals surface area contributed by atoms with E-state index in [4.69, 9.17) is 0 Å². The molecule has 0 unspecified atom stereocenters. The molecule has 166 valence electrons. The van der Waals surface area contributed by atoms with Crippen LogP contribution in [0.1, 0.15) is 21.6 Å². The lowest BCUT2D eigenvalue weighted by Gasteiger charge is -2.13. The van der Waals surface area contributed by atoms with Crippen LogP contribution in [-0.2, 0) is 9.59 Å². The molecule has 4 rings (SSSR count). The number of halogens is 1. The summed E-state index contributed by atoms with van der Waals surface area (Å²) in [4.78, 5) is 38.3. The third kappa shape index (κ3) is 4.96. The fourth-order valence-electron chi connectivity index (χ4n) is 3.35. The molecule has 0 aliphatic carbocycles. The lowest BCUT2D eigenvalue weighted by Crippen LogP contribution is -2.36. The summed E-state index contributed by atoms with van der Waals surface area (Å²) in [5.41, 5.74) is 6.40. The minimum absolute atomic E-state index is 0.183. The maximum atomic E-state index is 13.1. The van der Waals surface area contributed by atoms with Crippen molar-refractivity contribution < 1.29 is 14.4 Å². The van der Waals surface area contributed by atoms with Crippen molar-refractivity contribution in [2.75, 3.05) is 16.1 Å². The summed E-state index contributed by atoms with van der Waals surface area (Å²) in [5.74, 6) is -2.17. The Morgan fingerprint density at radius 3 is 2.27 bits per heavy atom. The average molecular weight is 505 g/mol. The fraction of sp³-hybridized carbons (Fsp3) is 0.0800. The SMILES string of the molecule is Cc1ccc(NC(=O)C(=O)Nn2c(C(=O)Nc3ccccc3C)cc3cc(Br)ccc32)cc1. The number of aryl methyl sites for hydroxylation is 2. The second kappa shape index (κ2) is 9.30. The number of carbonyl (C=O) groups excluding carboxylic acids is 3. The van der Waals surface area contributed by atoms with Crippen molar-refractivity contribution in [1.82, 2.24) is 4.68 Å². The minimum atomic E-state index is -0.902. The third-order valence-corrected chi connectivity index (χ3v) is 5.61. The molecule has 0 saturated heterocycles. The van der Waals surface area contributed by atoms with E-state index >= 15 is 0 Å². The molecule has 33 heavy (non-hydrogen) atoms. The standard InChI is InChI=1S/C25H21BrN4O3/c1-15-7-10-19(11-8-15)27-24(32)25(33)29-30-21-12-9-18(26)13-17(21)14-22(30)23(31)28-20-6-4-3-5-16(20)2/h3-14H,1-2H3,(H,27,32)(H,28,31)(H,29,33). The molecule has 3 amide bonds. The molecule has 0 saturated carbocycles. The number of anilines is 2. The Kier molecular flexibility index (Phi) is 6.28. The van der Waals surface area contributed by atoms with E-state index < -0.39 is 17.7 Å². The van der Waals surface area contributed by atoms with Crippen molar-refractivity contribution in [3.8, 4) is 0 Å². The Morgan fingerprint density at radius 2 is 1.55 bits per heavy atom. The third-order valence-electron chi connectivity index (χ3n) is 5.12. The first-order chi connectivity index (χ1) is 15.8. The molecule has 0 aliphatic heterocycles. The van der Waals surface area contributed by atoms with Crippen molar-refractivity contribution in [3.05, 3.63) is 94.1 Å². The van der Waals surface area contributed by atoms with Crippen LogP contribution in [0.25, 0.3) is 10.9 Å². The van der Waals surface area contributed by atoms with E-state index in [9.17, 15) is 14.4 Å². The predicted octanol–water partition coefficient (Wildman–Crippen LogP) is 4.98. The summed E-state index contributed by atoms with van der Waals surface area (Å²) >= 11 is 3.42. The molecular formula is C25H21BrN4O3. The number of para-hydroxylation sites is 1. The average Bonchev–Trinajstić information content (AvgIpc) is 3.14. The molecule has 3 N–H and O–H groups in total. The number of rotatable bonds is 4. The van der Waals surface area contributed by atoms with Crippen LogP contribution in [0.15, 0.2) is 77.3 Å². The van der Waals surface area contributed by atoms with Gasteiger partial charge >= 0.3 is 11.8 Å². The molecule has 0 aliphatic rings. The van der Waals surface area contributed by atoms with Crippen LogP contribution in [0, 0.1) is 13.8 Å². The Labute approximate surface area is 198 Å². The molecule has 0 radical (unpaired) electrons. The van der Waals surface area contributed by atoms with Gasteiger partial charge in [0.1, 0.15) is 5.69 Å². The molecular weight excluding hydrogens is 484 g/mol. The van der Waals surface area contributed by atoms with Crippen LogP contribution in [0.3, 0.4) is 0 Å². The van der Waals surface area contributed by atoms with Crippen molar-refractivity contribution >= 4 is 55.9 Å².